The van der Waals surface area contributed by atoms with Crippen LogP contribution in [0.4, 0.5) is 0 Å². The van der Waals surface area contributed by atoms with Crippen LogP contribution < -0.4 is 0 Å². The van der Waals surface area contributed by atoms with Crippen molar-refractivity contribution in [1.29, 1.82) is 0 Å². The molecule has 0 fully saturated rings. The Kier molecular flexibility index (Phi) is 3.33. The lowest BCUT2D eigenvalue weighted by molar-refractivity contribution is 0.112. The van der Waals surface area contributed by atoms with Crippen LogP contribution in [-0.2, 0) is 13.0 Å². The second-order valence-corrected chi connectivity index (χ2v) is 4.73. The van der Waals surface area contributed by atoms with Crippen molar-refractivity contribution in [2.45, 2.75) is 26.3 Å². The summed E-state index contributed by atoms with van der Waals surface area (Å²) in [4.78, 5) is 15.2. The van der Waals surface area contributed by atoms with Gasteiger partial charge in [-0.15, -0.1) is 0 Å². The molecule has 0 saturated heterocycles. The van der Waals surface area contributed by atoms with Crippen molar-refractivity contribution in [3.8, 4) is 0 Å². The third kappa shape index (κ3) is 2.34. The van der Waals surface area contributed by atoms with E-state index in [0.29, 0.717) is 23.8 Å². The number of aldehydes is 1. The number of fused-ring (bicyclic) bond motifs is 1. The average Bonchev–Trinajstić information content (AvgIpc) is 3.07. The van der Waals surface area contributed by atoms with Gasteiger partial charge in [-0.25, -0.2) is 0 Å². The molecule has 0 aliphatic carbocycles. The molecule has 0 atom stereocenters. The summed E-state index contributed by atoms with van der Waals surface area (Å²) >= 11 is 0. The molecule has 5 heteroatoms. The number of carbonyl (C=O) groups excluding carboxylic acids is 1. The van der Waals surface area contributed by atoms with Gasteiger partial charge in [-0.3, -0.25) is 4.79 Å². The van der Waals surface area contributed by atoms with Gasteiger partial charge in [-0.2, -0.15) is 4.98 Å². The summed E-state index contributed by atoms with van der Waals surface area (Å²) in [6, 6.07) is 7.63. The van der Waals surface area contributed by atoms with Crippen molar-refractivity contribution >= 4 is 17.2 Å². The lowest BCUT2D eigenvalue weighted by Gasteiger charge is -2.02. The van der Waals surface area contributed by atoms with Gasteiger partial charge in [0.05, 0.1) is 6.54 Å². The highest BCUT2D eigenvalue weighted by Crippen LogP contribution is 2.18. The van der Waals surface area contributed by atoms with Crippen molar-refractivity contribution in [2.75, 3.05) is 0 Å². The molecule has 0 spiro atoms. The Morgan fingerprint density at radius 3 is 3.05 bits per heavy atom. The lowest BCUT2D eigenvalue weighted by Crippen LogP contribution is -2.00. The predicted octanol–water partition coefficient (Wildman–Crippen LogP) is 2.84. The Morgan fingerprint density at radius 2 is 2.25 bits per heavy atom. The zero-order valence-corrected chi connectivity index (χ0v) is 11.2. The van der Waals surface area contributed by atoms with Gasteiger partial charge < -0.3 is 9.09 Å². The van der Waals surface area contributed by atoms with Crippen LogP contribution in [0.15, 0.2) is 35.0 Å². The Balaban J connectivity index is 1.91. The molecular weight excluding hydrogens is 254 g/mol. The average molecular weight is 269 g/mol. The van der Waals surface area contributed by atoms with E-state index in [-0.39, 0.29) is 0 Å². The largest absolute Gasteiger partial charge is 0.340 e. The third-order valence-corrected chi connectivity index (χ3v) is 3.22. The highest BCUT2D eigenvalue weighted by Gasteiger charge is 2.08. The van der Waals surface area contributed by atoms with Gasteiger partial charge >= 0.3 is 0 Å². The molecule has 5 nitrogen and oxygen atoms in total. The van der Waals surface area contributed by atoms with Crippen molar-refractivity contribution in [3.63, 3.8) is 0 Å². The van der Waals surface area contributed by atoms with Crippen LogP contribution in [0.1, 0.15) is 35.4 Å². The normalized spacial score (nSPS) is 11.1. The van der Waals surface area contributed by atoms with E-state index in [0.717, 1.165) is 30.0 Å². The molecule has 2 aromatic heterocycles. The SMILES string of the molecule is CCCc1nc(Cn2ccc3ccc(C=O)cc32)no1. The highest BCUT2D eigenvalue weighted by molar-refractivity contribution is 5.87. The molecule has 3 aromatic rings. The van der Waals surface area contributed by atoms with E-state index in [4.69, 9.17) is 4.52 Å². The van der Waals surface area contributed by atoms with Gasteiger partial charge in [0.2, 0.25) is 5.89 Å². The number of carbonyl (C=O) groups is 1. The second kappa shape index (κ2) is 5.28. The van der Waals surface area contributed by atoms with E-state index in [1.165, 1.54) is 0 Å². The third-order valence-electron chi connectivity index (χ3n) is 3.22. The van der Waals surface area contributed by atoms with E-state index >= 15 is 0 Å². The van der Waals surface area contributed by atoms with Gasteiger partial charge in [0.1, 0.15) is 6.29 Å². The molecule has 20 heavy (non-hydrogen) atoms. The van der Waals surface area contributed by atoms with Crippen LogP contribution >= 0.6 is 0 Å². The standard InChI is InChI=1S/C15H15N3O2/c1-2-3-15-16-14(17-20-15)9-18-7-6-12-5-4-11(10-19)8-13(12)18/h4-8,10H,2-3,9H2,1H3. The van der Waals surface area contributed by atoms with Gasteiger partial charge in [0.15, 0.2) is 5.82 Å². The first-order valence-electron chi connectivity index (χ1n) is 6.65. The van der Waals surface area contributed by atoms with Gasteiger partial charge in [0.25, 0.3) is 0 Å². The highest BCUT2D eigenvalue weighted by atomic mass is 16.5. The maximum atomic E-state index is 10.9. The van der Waals surface area contributed by atoms with Crippen LogP contribution in [0, 0.1) is 0 Å². The van der Waals surface area contributed by atoms with Crippen LogP contribution in [0.5, 0.6) is 0 Å². The number of hydrogen-bond acceptors (Lipinski definition) is 4. The molecule has 3 rings (SSSR count). The van der Waals surface area contributed by atoms with Gasteiger partial charge in [0, 0.05) is 23.7 Å². The number of hydrogen-bond donors (Lipinski definition) is 0. The number of rotatable bonds is 5. The lowest BCUT2D eigenvalue weighted by atomic mass is 10.2. The minimum atomic E-state index is 0.541. The van der Waals surface area contributed by atoms with Crippen LogP contribution in [0.25, 0.3) is 10.9 Å². The van der Waals surface area contributed by atoms with Crippen LogP contribution in [0.2, 0.25) is 0 Å². The minimum Gasteiger partial charge on any atom is -0.340 e. The molecule has 0 aliphatic rings. The smallest absolute Gasteiger partial charge is 0.226 e. The molecule has 0 saturated carbocycles. The van der Waals surface area contributed by atoms with Crippen molar-refractivity contribution in [2.24, 2.45) is 0 Å². The summed E-state index contributed by atoms with van der Waals surface area (Å²) < 4.78 is 7.20. The maximum absolute atomic E-state index is 10.9. The molecule has 0 bridgehead atoms. The van der Waals surface area contributed by atoms with E-state index < -0.39 is 0 Å². The zero-order chi connectivity index (χ0) is 13.9. The van der Waals surface area contributed by atoms with Gasteiger partial charge in [-0.05, 0) is 23.9 Å². The molecule has 0 unspecified atom stereocenters. The molecule has 2 heterocycles. The topological polar surface area (TPSA) is 60.9 Å². The predicted molar refractivity (Wildman–Crippen MR) is 74.7 cm³/mol. The first-order chi connectivity index (χ1) is 9.80. The van der Waals surface area contributed by atoms with Crippen LogP contribution in [0.3, 0.4) is 0 Å². The fourth-order valence-electron chi connectivity index (χ4n) is 2.23. The summed E-state index contributed by atoms with van der Waals surface area (Å²) in [6.07, 6.45) is 4.60. The maximum Gasteiger partial charge on any atom is 0.226 e. The monoisotopic (exact) mass is 269 g/mol. The van der Waals surface area contributed by atoms with Crippen LogP contribution in [-0.4, -0.2) is 21.0 Å². The first-order valence-corrected chi connectivity index (χ1v) is 6.65. The molecule has 102 valence electrons. The first kappa shape index (κ1) is 12.6. The Labute approximate surface area is 116 Å². The summed E-state index contributed by atoms with van der Waals surface area (Å²) in [5.41, 5.74) is 1.66. The van der Waals surface area contributed by atoms with E-state index in [2.05, 4.69) is 17.1 Å². The Morgan fingerprint density at radius 1 is 1.35 bits per heavy atom. The summed E-state index contributed by atoms with van der Waals surface area (Å²) in [6.45, 7) is 2.61. The zero-order valence-electron chi connectivity index (χ0n) is 11.2. The minimum absolute atomic E-state index is 0.541. The Bertz CT molecular complexity index is 742. The fourth-order valence-corrected chi connectivity index (χ4v) is 2.23. The quantitative estimate of drug-likeness (QED) is 0.668. The van der Waals surface area contributed by atoms with Gasteiger partial charge in [-0.1, -0.05) is 24.2 Å². The number of nitrogens with zero attached hydrogens (tertiary/aromatic N) is 3. The van der Waals surface area contributed by atoms with Crippen molar-refractivity contribution < 1.29 is 9.32 Å². The van der Waals surface area contributed by atoms with Crippen molar-refractivity contribution in [1.82, 2.24) is 14.7 Å². The number of aromatic nitrogens is 3. The number of benzene rings is 1. The fraction of sp³-hybridized carbons (Fsp3) is 0.267. The summed E-state index contributed by atoms with van der Waals surface area (Å²) in [5.74, 6) is 1.33. The van der Waals surface area contributed by atoms with E-state index in [9.17, 15) is 4.79 Å². The molecule has 0 amide bonds. The van der Waals surface area contributed by atoms with E-state index in [1.807, 2.05) is 35.0 Å². The molecular formula is C15H15N3O2. The Hall–Kier alpha value is -2.43. The molecule has 0 aliphatic heterocycles. The number of aryl methyl sites for hydroxylation is 1. The van der Waals surface area contributed by atoms with Crippen molar-refractivity contribution in [3.05, 3.63) is 47.7 Å². The molecule has 0 N–H and O–H groups in total. The summed E-state index contributed by atoms with van der Waals surface area (Å²) in [7, 11) is 0. The summed E-state index contributed by atoms with van der Waals surface area (Å²) in [5, 5.41) is 5.07. The van der Waals surface area contributed by atoms with E-state index in [1.54, 1.807) is 0 Å². The second-order valence-electron chi connectivity index (χ2n) is 4.73. The molecule has 1 aromatic carbocycles. The molecule has 0 radical (unpaired) electrons.